The summed E-state index contributed by atoms with van der Waals surface area (Å²) in [5, 5.41) is 10.0. The summed E-state index contributed by atoms with van der Waals surface area (Å²) in [4.78, 5) is 11.9. The van der Waals surface area contributed by atoms with Gasteiger partial charge in [-0.2, -0.15) is 0 Å². The summed E-state index contributed by atoms with van der Waals surface area (Å²) >= 11 is -2.18. The number of carbonyl (C=O) groups is 1. The van der Waals surface area contributed by atoms with Gasteiger partial charge in [0.25, 0.3) is 0 Å². The molecule has 0 bridgehead atoms. The van der Waals surface area contributed by atoms with Gasteiger partial charge in [-0.3, -0.25) is 6.08 Å². The summed E-state index contributed by atoms with van der Waals surface area (Å²) in [5.74, 6) is -0.0892. The van der Waals surface area contributed by atoms with Crippen LogP contribution < -0.4 is 0 Å². The van der Waals surface area contributed by atoms with Crippen molar-refractivity contribution in [1.29, 1.82) is 0 Å². The Bertz CT molecular complexity index is 329. The molecule has 22 heavy (non-hydrogen) atoms. The predicted octanol–water partition coefficient (Wildman–Crippen LogP) is 5.09. The molecule has 0 aliphatic heterocycles. The van der Waals surface area contributed by atoms with Crippen LogP contribution >= 0.6 is 27.6 Å². The molecule has 1 rings (SSSR count). The maximum absolute atomic E-state index is 11.9. The zero-order chi connectivity index (χ0) is 17.0. The molecule has 130 valence electrons. The maximum atomic E-state index is 11.9. The molecule has 1 aliphatic carbocycles. The number of hydrogen-bond acceptors (Lipinski definition) is 3. The Morgan fingerprint density at radius 2 is 1.82 bits per heavy atom. The van der Waals surface area contributed by atoms with Crippen LogP contribution in [0.5, 0.6) is 0 Å². The molecule has 0 amide bonds. The van der Waals surface area contributed by atoms with Gasteiger partial charge >= 0.3 is 42.8 Å². The fraction of sp³-hybridized carbons (Fsp3) is 0.800. The van der Waals surface area contributed by atoms with Crippen LogP contribution in [0.25, 0.3) is 0 Å². The standard InChI is InChI=1S/C15H25O3.3ClH.Ta/c1-3-8-14(16)13(15(17)18-4-2)11-12-9-6-5-7-10-12;;;;/h12,14,16H,3-10H2,1-2H3;3*1H;/q-1;;;;+3/p-3. The number of esters is 1. The molecular formula is C15H25Cl3O3Ta-. The third-order valence-electron chi connectivity index (χ3n) is 3.36. The molecule has 0 aromatic heterocycles. The molecule has 0 aromatic rings. The van der Waals surface area contributed by atoms with Crippen molar-refractivity contribution in [3.05, 3.63) is 11.6 Å². The van der Waals surface area contributed by atoms with Crippen molar-refractivity contribution in [1.82, 2.24) is 0 Å². The first kappa shape index (κ1) is 22.8. The number of rotatable bonds is 6. The molecule has 0 spiro atoms. The summed E-state index contributed by atoms with van der Waals surface area (Å²) in [5.41, 5.74) is 0.352. The van der Waals surface area contributed by atoms with Gasteiger partial charge in [-0.25, -0.2) is 0 Å². The monoisotopic (exact) mass is 539 g/mol. The molecular weight excluding hydrogens is 515 g/mol. The predicted molar refractivity (Wildman–Crippen MR) is 88.4 cm³/mol. The molecule has 1 unspecified atom stereocenters. The van der Waals surface area contributed by atoms with E-state index >= 15 is 0 Å². The topological polar surface area (TPSA) is 46.5 Å². The van der Waals surface area contributed by atoms with Gasteiger partial charge in [0.2, 0.25) is 0 Å². The summed E-state index contributed by atoms with van der Waals surface area (Å²) in [6, 6.07) is 0. The number of ether oxygens (including phenoxy) is 1. The number of allylic oxidation sites excluding steroid dienone is 1. The quantitative estimate of drug-likeness (QED) is 0.290. The summed E-state index contributed by atoms with van der Waals surface area (Å²) < 4.78 is 5.01. The van der Waals surface area contributed by atoms with Crippen molar-refractivity contribution in [2.75, 3.05) is 6.61 Å². The Hall–Kier alpha value is 0.780. The van der Waals surface area contributed by atoms with Crippen LogP contribution in [-0.2, 0) is 24.7 Å². The molecule has 1 fully saturated rings. The van der Waals surface area contributed by atoms with Gasteiger partial charge in [-0.1, -0.05) is 51.4 Å². The Morgan fingerprint density at radius 1 is 1.27 bits per heavy atom. The van der Waals surface area contributed by atoms with E-state index in [0.717, 1.165) is 19.3 Å². The summed E-state index contributed by atoms with van der Waals surface area (Å²) in [6.45, 7) is 4.11. The first-order valence-electron chi connectivity index (χ1n) is 7.68. The van der Waals surface area contributed by atoms with E-state index in [0.29, 0.717) is 24.5 Å². The van der Waals surface area contributed by atoms with E-state index in [1.54, 1.807) is 6.92 Å². The molecule has 1 aliphatic rings. The molecule has 0 radical (unpaired) electrons. The average Bonchev–Trinajstić information content (AvgIpc) is 2.45. The zero-order valence-corrected chi connectivity index (χ0v) is 18.6. The van der Waals surface area contributed by atoms with E-state index in [-0.39, 0.29) is 0 Å². The third kappa shape index (κ3) is 11.3. The van der Waals surface area contributed by atoms with Gasteiger partial charge in [-0.15, -0.1) is 5.57 Å². The summed E-state index contributed by atoms with van der Waals surface area (Å²) in [7, 11) is 15.0. The number of carbonyl (C=O) groups excluding carboxylic acids is 1. The second-order valence-corrected chi connectivity index (χ2v) is 19.0. The van der Waals surface area contributed by atoms with E-state index in [4.69, 9.17) is 32.3 Å². The third-order valence-corrected chi connectivity index (χ3v) is 3.36. The number of aliphatic hydroxyl groups excluding tert-OH is 1. The van der Waals surface area contributed by atoms with Crippen molar-refractivity contribution in [3.8, 4) is 0 Å². The number of aliphatic hydroxyl groups is 1. The zero-order valence-electron chi connectivity index (χ0n) is 13.2. The Kier molecular flexibility index (Phi) is 14.7. The van der Waals surface area contributed by atoms with Crippen LogP contribution in [0.15, 0.2) is 5.57 Å². The number of hydrogen-bond donors (Lipinski definition) is 1. The van der Waals surface area contributed by atoms with Crippen molar-refractivity contribution >= 4 is 33.5 Å². The van der Waals surface area contributed by atoms with Crippen LogP contribution in [0, 0.1) is 12.0 Å². The van der Waals surface area contributed by atoms with Gasteiger partial charge in [0.1, 0.15) is 0 Å². The minimum atomic E-state index is -2.18. The fourth-order valence-electron chi connectivity index (χ4n) is 2.38. The second kappa shape index (κ2) is 14.2. The van der Waals surface area contributed by atoms with Crippen molar-refractivity contribution in [3.63, 3.8) is 0 Å². The van der Waals surface area contributed by atoms with Gasteiger partial charge in [0.05, 0.1) is 12.7 Å². The van der Waals surface area contributed by atoms with E-state index in [2.05, 4.69) is 6.08 Å². The first-order valence-corrected chi connectivity index (χ1v) is 19.6. The molecule has 7 heteroatoms. The van der Waals surface area contributed by atoms with Crippen LogP contribution in [0.4, 0.5) is 0 Å². The van der Waals surface area contributed by atoms with E-state index in [1.807, 2.05) is 6.92 Å². The minimum absolute atomic E-state index is 0.310. The first-order chi connectivity index (χ1) is 10.4. The molecule has 1 N–H and O–H groups in total. The molecule has 3 nitrogen and oxygen atoms in total. The van der Waals surface area contributed by atoms with E-state index in [1.165, 1.54) is 19.3 Å². The molecule has 0 saturated heterocycles. The van der Waals surface area contributed by atoms with E-state index < -0.39 is 27.3 Å². The van der Waals surface area contributed by atoms with Gasteiger partial charge in [-0.05, 0) is 13.3 Å². The van der Waals surface area contributed by atoms with Crippen LogP contribution in [0.2, 0.25) is 0 Å². The van der Waals surface area contributed by atoms with Crippen molar-refractivity contribution in [2.45, 2.75) is 64.9 Å². The molecule has 0 aromatic carbocycles. The van der Waals surface area contributed by atoms with Crippen LogP contribution in [-0.4, -0.2) is 23.8 Å². The van der Waals surface area contributed by atoms with Gasteiger partial charge < -0.3 is 14.6 Å². The second-order valence-electron chi connectivity index (χ2n) is 5.11. The van der Waals surface area contributed by atoms with Crippen LogP contribution in [0.3, 0.4) is 0 Å². The molecule has 0 heterocycles. The van der Waals surface area contributed by atoms with Crippen molar-refractivity contribution < 1.29 is 29.8 Å². The SMILES string of the molecule is CCCC(O)C(=[C-]C1CCCCC1)C(=O)OCC.[Cl][Ta]([Cl])[Cl]. The Balaban J connectivity index is 0.000000980. The Labute approximate surface area is 151 Å². The van der Waals surface area contributed by atoms with Crippen molar-refractivity contribution in [2.24, 2.45) is 5.92 Å². The van der Waals surface area contributed by atoms with Crippen LogP contribution in [0.1, 0.15) is 58.8 Å². The molecule has 1 atom stereocenters. The van der Waals surface area contributed by atoms with Gasteiger partial charge in [0.15, 0.2) is 5.97 Å². The molecule has 1 saturated carbocycles. The number of halogens is 3. The van der Waals surface area contributed by atoms with Gasteiger partial charge in [0, 0.05) is 0 Å². The normalized spacial score (nSPS) is 17.7. The Morgan fingerprint density at radius 3 is 2.27 bits per heavy atom. The summed E-state index contributed by atoms with van der Waals surface area (Å²) in [6.07, 6.45) is 9.72. The fourth-order valence-corrected chi connectivity index (χ4v) is 2.38. The average molecular weight is 541 g/mol. The van der Waals surface area contributed by atoms with E-state index in [9.17, 15) is 9.90 Å².